The van der Waals surface area contributed by atoms with E-state index in [4.69, 9.17) is 34.5 Å². The van der Waals surface area contributed by atoms with Gasteiger partial charge in [-0.15, -0.1) is 0 Å². The highest BCUT2D eigenvalue weighted by molar-refractivity contribution is 7.46. The summed E-state index contributed by atoms with van der Waals surface area (Å²) >= 11 is 0. The zero-order valence-electron chi connectivity index (χ0n) is 15.0. The fourth-order valence-corrected chi connectivity index (χ4v) is 3.46. The largest absolute Gasteiger partial charge is 0.469 e. The van der Waals surface area contributed by atoms with Crippen LogP contribution in [0.1, 0.15) is 37.5 Å². The first-order valence-corrected chi connectivity index (χ1v) is 9.76. The van der Waals surface area contributed by atoms with Gasteiger partial charge in [-0.25, -0.2) is 14.3 Å². The maximum atomic E-state index is 11.9. The summed E-state index contributed by atoms with van der Waals surface area (Å²) in [7, 11) is -4.69. The summed E-state index contributed by atoms with van der Waals surface area (Å²) in [6.07, 6.45) is -1.68. The lowest BCUT2D eigenvalue weighted by molar-refractivity contribution is -0.199. The third-order valence-electron chi connectivity index (χ3n) is 4.11. The highest BCUT2D eigenvalue weighted by Crippen LogP contribution is 2.45. The highest BCUT2D eigenvalue weighted by Gasteiger charge is 2.56. The Morgan fingerprint density at radius 2 is 2.07 bits per heavy atom. The van der Waals surface area contributed by atoms with Crippen LogP contribution in [0, 0.1) is 0 Å². The number of ether oxygens (including phenoxy) is 4. The van der Waals surface area contributed by atoms with Gasteiger partial charge in [0.05, 0.1) is 19.5 Å². The van der Waals surface area contributed by atoms with Crippen LogP contribution < -0.4 is 5.73 Å². The lowest BCUT2D eigenvalue weighted by Crippen LogP contribution is -2.32. The van der Waals surface area contributed by atoms with Gasteiger partial charge in [0.1, 0.15) is 24.1 Å². The fourth-order valence-electron chi connectivity index (χ4n) is 3.12. The van der Waals surface area contributed by atoms with E-state index in [-0.39, 0.29) is 18.1 Å². The number of phosphoric ester groups is 1. The number of phosphoric acid groups is 1. The Bertz CT molecular complexity index is 761. The number of nitrogens with two attached hydrogens (primary N) is 1. The van der Waals surface area contributed by atoms with Gasteiger partial charge in [0.2, 0.25) is 0 Å². The molecule has 2 aliphatic rings. The minimum atomic E-state index is -4.69. The van der Waals surface area contributed by atoms with E-state index in [0.29, 0.717) is 0 Å². The van der Waals surface area contributed by atoms with E-state index in [1.807, 2.05) is 0 Å². The molecule has 13 heteroatoms. The number of hydrogen-bond acceptors (Lipinski definition) is 9. The van der Waals surface area contributed by atoms with Crippen LogP contribution in [0.25, 0.3) is 0 Å². The van der Waals surface area contributed by atoms with Crippen molar-refractivity contribution in [2.24, 2.45) is 0 Å². The maximum absolute atomic E-state index is 11.9. The van der Waals surface area contributed by atoms with Gasteiger partial charge >= 0.3 is 13.8 Å². The van der Waals surface area contributed by atoms with E-state index in [1.165, 1.54) is 10.9 Å². The topological polar surface area (TPSA) is 165 Å². The maximum Gasteiger partial charge on any atom is 0.469 e. The third-order valence-corrected chi connectivity index (χ3v) is 4.59. The first-order valence-electron chi connectivity index (χ1n) is 8.23. The van der Waals surface area contributed by atoms with E-state index in [0.717, 1.165) is 0 Å². The van der Waals surface area contributed by atoms with Gasteiger partial charge in [-0.3, -0.25) is 9.09 Å². The van der Waals surface area contributed by atoms with Gasteiger partial charge in [0.15, 0.2) is 17.7 Å². The second-order valence-electron chi connectivity index (χ2n) is 6.52. The predicted molar refractivity (Wildman–Crippen MR) is 88.3 cm³/mol. The molecule has 3 rings (SSSR count). The van der Waals surface area contributed by atoms with E-state index in [2.05, 4.69) is 9.51 Å². The van der Waals surface area contributed by atoms with Crippen LogP contribution in [0.4, 0.5) is 5.82 Å². The van der Waals surface area contributed by atoms with E-state index in [1.54, 1.807) is 20.8 Å². The molecule has 0 aliphatic carbocycles. The molecule has 152 valence electrons. The van der Waals surface area contributed by atoms with Gasteiger partial charge in [-0.2, -0.15) is 0 Å². The third kappa shape index (κ3) is 4.16. The van der Waals surface area contributed by atoms with E-state index < -0.39 is 50.7 Å². The molecule has 0 radical (unpaired) electrons. The van der Waals surface area contributed by atoms with Gasteiger partial charge in [-0.05, 0) is 20.8 Å². The molecule has 2 fully saturated rings. The molecule has 1 aromatic heterocycles. The fraction of sp³-hybridized carbons (Fsp3) is 0.714. The number of imidazole rings is 1. The molecule has 1 aromatic rings. The van der Waals surface area contributed by atoms with Crippen molar-refractivity contribution in [1.29, 1.82) is 0 Å². The molecular formula is C14H22N3O9P. The van der Waals surface area contributed by atoms with Gasteiger partial charge < -0.3 is 34.5 Å². The zero-order valence-corrected chi connectivity index (χ0v) is 15.9. The second-order valence-corrected chi connectivity index (χ2v) is 7.76. The van der Waals surface area contributed by atoms with Crippen molar-refractivity contribution in [1.82, 2.24) is 9.55 Å². The van der Waals surface area contributed by atoms with Crippen molar-refractivity contribution in [3.05, 3.63) is 12.0 Å². The summed E-state index contributed by atoms with van der Waals surface area (Å²) in [5, 5.41) is 0. The van der Waals surface area contributed by atoms with Crippen LogP contribution in [0.3, 0.4) is 0 Å². The molecule has 0 aromatic carbocycles. The van der Waals surface area contributed by atoms with E-state index >= 15 is 0 Å². The molecule has 0 spiro atoms. The van der Waals surface area contributed by atoms with Gasteiger partial charge in [0.25, 0.3) is 0 Å². The number of carbonyl (C=O) groups excluding carboxylic acids is 1. The Hall–Kier alpha value is -1.53. The molecule has 2 aliphatic heterocycles. The van der Waals surface area contributed by atoms with Crippen LogP contribution in [0.15, 0.2) is 6.33 Å². The minimum absolute atomic E-state index is 0.0158. The first-order chi connectivity index (χ1) is 12.5. The molecule has 3 heterocycles. The summed E-state index contributed by atoms with van der Waals surface area (Å²) < 4.78 is 39.3. The van der Waals surface area contributed by atoms with Crippen LogP contribution in [0.2, 0.25) is 0 Å². The number of nitrogens with zero attached hydrogens (tertiary/aromatic N) is 2. The molecule has 0 bridgehead atoms. The molecule has 4 atom stereocenters. The van der Waals surface area contributed by atoms with Crippen LogP contribution in [0.5, 0.6) is 0 Å². The summed E-state index contributed by atoms with van der Waals surface area (Å²) in [4.78, 5) is 33.8. The second kappa shape index (κ2) is 7.13. The Kier molecular flexibility index (Phi) is 5.34. The van der Waals surface area contributed by atoms with Crippen molar-refractivity contribution in [2.45, 2.75) is 51.1 Å². The number of nitrogen functional groups attached to an aromatic ring is 1. The predicted octanol–water partition coefficient (Wildman–Crippen LogP) is 0.169. The lowest BCUT2D eigenvalue weighted by Gasteiger charge is -2.25. The Labute approximate surface area is 154 Å². The smallest absolute Gasteiger partial charge is 0.461 e. The average molecular weight is 407 g/mol. The molecule has 27 heavy (non-hydrogen) atoms. The quantitative estimate of drug-likeness (QED) is 0.435. The molecule has 0 saturated carbocycles. The molecule has 4 N–H and O–H groups in total. The van der Waals surface area contributed by atoms with Gasteiger partial charge in [0, 0.05) is 0 Å². The summed E-state index contributed by atoms with van der Waals surface area (Å²) in [5.74, 6) is -1.60. The number of fused-ring (bicyclic) bond motifs is 1. The van der Waals surface area contributed by atoms with Crippen molar-refractivity contribution < 1.29 is 42.6 Å². The molecular weight excluding hydrogens is 385 g/mol. The molecule has 12 nitrogen and oxygen atoms in total. The number of aromatic nitrogens is 2. The lowest BCUT2D eigenvalue weighted by atomic mass is 10.1. The number of rotatable bonds is 6. The van der Waals surface area contributed by atoms with Crippen LogP contribution in [-0.2, 0) is 28.0 Å². The number of carbonyl (C=O) groups is 1. The van der Waals surface area contributed by atoms with Crippen molar-refractivity contribution >= 4 is 19.6 Å². The number of esters is 1. The summed E-state index contributed by atoms with van der Waals surface area (Å²) in [5.41, 5.74) is 5.96. The Morgan fingerprint density at radius 3 is 2.70 bits per heavy atom. The van der Waals surface area contributed by atoms with Crippen LogP contribution >= 0.6 is 7.82 Å². The summed E-state index contributed by atoms with van der Waals surface area (Å²) in [6.45, 7) is 4.81. The van der Waals surface area contributed by atoms with Gasteiger partial charge in [-0.1, -0.05) is 0 Å². The van der Waals surface area contributed by atoms with Crippen molar-refractivity contribution in [3.63, 3.8) is 0 Å². The normalized spacial score (nSPS) is 29.7. The number of anilines is 1. The Morgan fingerprint density at radius 1 is 1.41 bits per heavy atom. The monoisotopic (exact) mass is 407 g/mol. The summed E-state index contributed by atoms with van der Waals surface area (Å²) in [6, 6.07) is 0. The van der Waals surface area contributed by atoms with Crippen molar-refractivity contribution in [3.8, 4) is 0 Å². The minimum Gasteiger partial charge on any atom is -0.461 e. The standard InChI is InChI=1S/C14H22N3O9P/c1-4-22-13(18)8-11(15)17(6-16-8)12-10-9(25-14(2,3)26-10)7(24-12)5-23-27(19,20)21/h6-7,9-10,12H,4-5,15H2,1-3H3,(H2,19,20,21). The highest BCUT2D eigenvalue weighted by atomic mass is 31.2. The van der Waals surface area contributed by atoms with Crippen LogP contribution in [-0.4, -0.2) is 62.6 Å². The Balaban J connectivity index is 1.85. The molecule has 4 unspecified atom stereocenters. The number of hydrogen-bond donors (Lipinski definition) is 3. The first kappa shape index (κ1) is 20.2. The SMILES string of the molecule is CCOC(=O)c1ncn(C2OC(COP(=O)(O)O)C3OC(C)(C)OC32)c1N. The zero-order chi connectivity index (χ0) is 20.0. The molecule has 0 amide bonds. The average Bonchev–Trinajstić information content (AvgIpc) is 3.16. The van der Waals surface area contributed by atoms with E-state index in [9.17, 15) is 9.36 Å². The van der Waals surface area contributed by atoms with Crippen molar-refractivity contribution in [2.75, 3.05) is 18.9 Å². The molecule has 2 saturated heterocycles.